The Balaban J connectivity index is 0.967. The van der Waals surface area contributed by atoms with Gasteiger partial charge in [-0.25, -0.2) is 4.98 Å². The molecule has 1 unspecified atom stereocenters. The number of rotatable bonds is 9. The van der Waals surface area contributed by atoms with Gasteiger partial charge >= 0.3 is 0 Å². The van der Waals surface area contributed by atoms with Gasteiger partial charge in [0, 0.05) is 39.5 Å². The molecule has 0 amide bonds. The molecule has 0 N–H and O–H groups in total. The SMILES string of the molecule is [2H]c1c([2H])c([2H])c(-c2cccc(-c3c([2H])c([2H])c([2H])c([2H])c3[2H])c2-[n+]2[c-]n(-c3cccc(Oc4ccc5c6cc(-n7c8ccccc8c8ccccc87)ccc6n(-c6cc(C(C)C(C)(C)C)ccn6)c5c4)c3)c3ccccc32)c([2H])c1[2H]. The highest BCUT2D eigenvalue weighted by Gasteiger charge is 2.24. The summed E-state index contributed by atoms with van der Waals surface area (Å²) in [6.45, 7) is 9.00. The van der Waals surface area contributed by atoms with Crippen molar-refractivity contribution in [1.82, 2.24) is 18.7 Å². The third kappa shape index (κ3) is 7.25. The van der Waals surface area contributed by atoms with Gasteiger partial charge in [-0.3, -0.25) is 13.7 Å². The molecule has 0 fully saturated rings. The molecule has 0 bridgehead atoms. The molecule has 13 aromatic rings. The fourth-order valence-electron chi connectivity index (χ4n) is 10.2. The van der Waals surface area contributed by atoms with Crippen molar-refractivity contribution in [3.05, 3.63) is 242 Å². The molecule has 6 nitrogen and oxygen atoms in total. The summed E-state index contributed by atoms with van der Waals surface area (Å²) < 4.78 is 102. The fraction of sp³-hybridized carbons (Fsp3) is 0.0909. The minimum atomic E-state index is -0.569. The van der Waals surface area contributed by atoms with Crippen molar-refractivity contribution in [1.29, 1.82) is 0 Å². The maximum atomic E-state index is 9.09. The predicted molar refractivity (Wildman–Crippen MR) is 295 cm³/mol. The molecular weight excluding hydrogens is 879 g/mol. The Bertz CT molecular complexity index is 4620. The number of pyridine rings is 1. The van der Waals surface area contributed by atoms with Crippen LogP contribution in [0.15, 0.2) is 230 Å². The number of para-hydroxylation sites is 5. The molecule has 13 rings (SSSR count). The predicted octanol–water partition coefficient (Wildman–Crippen LogP) is 16.6. The third-order valence-electron chi connectivity index (χ3n) is 14.0. The highest BCUT2D eigenvalue weighted by atomic mass is 16.5. The largest absolute Gasteiger partial charge is 0.458 e. The van der Waals surface area contributed by atoms with E-state index in [1.807, 2.05) is 66.9 Å². The van der Waals surface area contributed by atoms with E-state index >= 15 is 0 Å². The zero-order chi connectivity index (χ0) is 57.2. The monoisotopic (exact) mass is 939 g/mol. The van der Waals surface area contributed by atoms with E-state index in [-0.39, 0.29) is 39.3 Å². The molecule has 0 aliphatic heterocycles. The lowest BCUT2D eigenvalue weighted by Gasteiger charge is -2.27. The van der Waals surface area contributed by atoms with Crippen molar-refractivity contribution in [2.75, 3.05) is 0 Å². The molecule has 346 valence electrons. The van der Waals surface area contributed by atoms with E-state index in [1.165, 1.54) is 16.3 Å². The van der Waals surface area contributed by atoms with Crippen LogP contribution in [-0.2, 0) is 0 Å². The van der Waals surface area contributed by atoms with Crippen molar-refractivity contribution in [3.63, 3.8) is 0 Å². The smallest absolute Gasteiger partial charge is 0.269 e. The molecule has 4 heterocycles. The van der Waals surface area contributed by atoms with Gasteiger partial charge < -0.3 is 9.30 Å². The zero-order valence-corrected chi connectivity index (χ0v) is 39.9. The number of benzene rings is 9. The molecule has 6 heteroatoms. The Morgan fingerprint density at radius 1 is 0.528 bits per heavy atom. The summed E-state index contributed by atoms with van der Waals surface area (Å²) in [4.78, 5) is 5.02. The van der Waals surface area contributed by atoms with E-state index in [1.54, 1.807) is 27.3 Å². The maximum absolute atomic E-state index is 9.09. The summed E-state index contributed by atoms with van der Waals surface area (Å²) in [6, 6.07) is 48.5. The van der Waals surface area contributed by atoms with E-state index in [2.05, 4.69) is 128 Å². The molecule has 72 heavy (non-hydrogen) atoms. The van der Waals surface area contributed by atoms with Gasteiger partial charge in [0.2, 0.25) is 0 Å². The van der Waals surface area contributed by atoms with Gasteiger partial charge in [-0.15, -0.1) is 0 Å². The van der Waals surface area contributed by atoms with Gasteiger partial charge in [-0.2, -0.15) is 0 Å². The lowest BCUT2D eigenvalue weighted by Crippen LogP contribution is -2.31. The minimum Gasteiger partial charge on any atom is -0.458 e. The van der Waals surface area contributed by atoms with Crippen LogP contribution in [0.2, 0.25) is 0 Å². The molecule has 9 aromatic carbocycles. The first-order valence-electron chi connectivity index (χ1n) is 29.0. The summed E-state index contributed by atoms with van der Waals surface area (Å²) in [7, 11) is 0. The highest BCUT2D eigenvalue weighted by molar-refractivity contribution is 6.12. The van der Waals surface area contributed by atoms with Crippen molar-refractivity contribution in [2.45, 2.75) is 33.6 Å². The highest BCUT2D eigenvalue weighted by Crippen LogP contribution is 2.41. The Morgan fingerprint density at radius 3 is 1.83 bits per heavy atom. The first-order chi connectivity index (χ1) is 39.4. The van der Waals surface area contributed by atoms with Crippen LogP contribution < -0.4 is 9.30 Å². The number of ether oxygens (including phenoxy) is 1. The summed E-state index contributed by atoms with van der Waals surface area (Å²) in [5, 5.41) is 4.42. The Kier molecular flexibility index (Phi) is 7.98. The fourth-order valence-corrected chi connectivity index (χ4v) is 10.2. The number of hydrogen-bond acceptors (Lipinski definition) is 2. The van der Waals surface area contributed by atoms with Crippen LogP contribution in [0, 0.1) is 11.7 Å². The Morgan fingerprint density at radius 2 is 1.14 bits per heavy atom. The van der Waals surface area contributed by atoms with Crippen LogP contribution in [0.5, 0.6) is 11.5 Å². The van der Waals surface area contributed by atoms with Gasteiger partial charge in [-0.05, 0) is 112 Å². The summed E-state index contributed by atoms with van der Waals surface area (Å²) in [5.74, 6) is 2.09. The van der Waals surface area contributed by atoms with Crippen molar-refractivity contribution in [3.8, 4) is 56.6 Å². The second kappa shape index (κ2) is 17.1. The molecule has 0 spiro atoms. The van der Waals surface area contributed by atoms with Gasteiger partial charge in [0.1, 0.15) is 17.3 Å². The zero-order valence-electron chi connectivity index (χ0n) is 49.9. The van der Waals surface area contributed by atoms with Crippen LogP contribution in [0.4, 0.5) is 0 Å². The van der Waals surface area contributed by atoms with Gasteiger partial charge in [0.05, 0.1) is 58.2 Å². The number of hydrogen-bond donors (Lipinski definition) is 0. The van der Waals surface area contributed by atoms with E-state index in [4.69, 9.17) is 23.4 Å². The maximum Gasteiger partial charge on any atom is 0.269 e. The van der Waals surface area contributed by atoms with E-state index in [0.29, 0.717) is 28.2 Å². The number of fused-ring (bicyclic) bond motifs is 7. The number of aromatic nitrogens is 5. The average Bonchev–Trinajstić information content (AvgIpc) is 3.86. The van der Waals surface area contributed by atoms with Gasteiger partial charge in [0.25, 0.3) is 6.33 Å². The summed E-state index contributed by atoms with van der Waals surface area (Å²) in [5.41, 5.74) is 8.38. The van der Waals surface area contributed by atoms with Gasteiger partial charge in [-0.1, -0.05) is 173 Å². The van der Waals surface area contributed by atoms with Gasteiger partial charge in [0.15, 0.2) is 0 Å². The van der Waals surface area contributed by atoms with Crippen molar-refractivity contribution >= 4 is 54.6 Å². The number of nitrogens with zero attached hydrogens (tertiary/aromatic N) is 5. The van der Waals surface area contributed by atoms with E-state index in [0.717, 1.165) is 44.3 Å². The van der Waals surface area contributed by atoms with Crippen LogP contribution in [0.3, 0.4) is 0 Å². The Hall–Kier alpha value is -9.00. The molecule has 0 saturated heterocycles. The van der Waals surface area contributed by atoms with E-state index < -0.39 is 60.4 Å². The average molecular weight is 940 g/mol. The lowest BCUT2D eigenvalue weighted by molar-refractivity contribution is -0.571. The molecule has 0 radical (unpaired) electrons. The quantitative estimate of drug-likeness (QED) is 0.107. The molecule has 0 aliphatic carbocycles. The second-order valence-electron chi connectivity index (χ2n) is 19.2. The molecular formula is C66H51N5O. The standard InChI is InChI=1S/C66H51N5O/c1-44(66(2,3)4)47-37-38-67-64(39-47)71-60-36-33-49(70-58-29-13-11-25-54(58)55-26-12-14-30-59(55)70)41-57(60)56-35-34-51(42-63(56)71)72-50-24-17-23-48(40-50)68-43-69(62-32-16-15-31-61(62)68)65-52(45-19-7-5-8-20-45)27-18-28-53(65)46-21-9-6-10-22-46/h5-42,44H,1-4H3/i5D,6D,7D,8D,9D,10D,19D,20D,21D,22D. The summed E-state index contributed by atoms with van der Waals surface area (Å²) >= 11 is 0. The minimum absolute atomic E-state index is 0.00684. The van der Waals surface area contributed by atoms with Crippen LogP contribution in [-0.4, -0.2) is 18.7 Å². The third-order valence-corrected chi connectivity index (χ3v) is 14.0. The van der Waals surface area contributed by atoms with Crippen LogP contribution in [0.25, 0.3) is 99.8 Å². The first kappa shape index (κ1) is 33.5. The van der Waals surface area contributed by atoms with Crippen LogP contribution >= 0.6 is 0 Å². The molecule has 1 atom stereocenters. The van der Waals surface area contributed by atoms with Crippen LogP contribution in [0.1, 0.15) is 52.9 Å². The number of imidazole rings is 1. The van der Waals surface area contributed by atoms with E-state index in [9.17, 15) is 0 Å². The Labute approximate surface area is 432 Å². The lowest BCUT2D eigenvalue weighted by atomic mass is 9.78. The normalized spacial score (nSPS) is 14.3. The molecule has 4 aromatic heterocycles. The second-order valence-corrected chi connectivity index (χ2v) is 19.2. The molecule has 0 aliphatic rings. The summed E-state index contributed by atoms with van der Waals surface area (Å²) in [6.07, 6.45) is 5.36. The molecule has 0 saturated carbocycles. The topological polar surface area (TPSA) is 40.8 Å². The first-order valence-corrected chi connectivity index (χ1v) is 24.0. The van der Waals surface area contributed by atoms with Crippen molar-refractivity contribution in [2.24, 2.45) is 5.41 Å². The van der Waals surface area contributed by atoms with Crippen molar-refractivity contribution < 1.29 is 23.0 Å².